The quantitative estimate of drug-likeness (QED) is 0.864. The lowest BCUT2D eigenvalue weighted by atomic mass is 9.94. The van der Waals surface area contributed by atoms with Crippen molar-refractivity contribution >= 4 is 11.7 Å². The highest BCUT2D eigenvalue weighted by molar-refractivity contribution is 5.88. The largest absolute Gasteiger partial charge is 0.478 e. The van der Waals surface area contributed by atoms with Gasteiger partial charge in [-0.1, -0.05) is 0 Å². The molecule has 1 aromatic rings. The molecule has 4 heteroatoms. The van der Waals surface area contributed by atoms with Gasteiger partial charge in [0.15, 0.2) is 0 Å². The number of rotatable bonds is 3. The molecule has 1 heterocycles. The summed E-state index contributed by atoms with van der Waals surface area (Å²) in [5.74, 6) is -0.892. The Morgan fingerprint density at radius 1 is 1.50 bits per heavy atom. The molecule has 0 amide bonds. The van der Waals surface area contributed by atoms with Gasteiger partial charge in [-0.3, -0.25) is 0 Å². The Hall–Kier alpha value is -1.55. The van der Waals surface area contributed by atoms with Crippen LogP contribution in [0.15, 0.2) is 18.2 Å². The van der Waals surface area contributed by atoms with Gasteiger partial charge in [0.1, 0.15) is 0 Å². The van der Waals surface area contributed by atoms with E-state index in [9.17, 15) is 4.79 Å². The fourth-order valence-electron chi connectivity index (χ4n) is 2.29. The van der Waals surface area contributed by atoms with Crippen LogP contribution in [0.1, 0.15) is 35.7 Å². The lowest BCUT2D eigenvalue weighted by Gasteiger charge is -2.35. The minimum absolute atomic E-state index is 0.0618. The molecule has 2 N–H and O–H groups in total. The van der Waals surface area contributed by atoms with Gasteiger partial charge in [0.2, 0.25) is 0 Å². The molecule has 0 bridgehead atoms. The van der Waals surface area contributed by atoms with Crippen molar-refractivity contribution in [3.63, 3.8) is 0 Å². The van der Waals surface area contributed by atoms with E-state index in [1.165, 1.54) is 0 Å². The fourth-order valence-corrected chi connectivity index (χ4v) is 2.29. The Morgan fingerprint density at radius 2 is 2.28 bits per heavy atom. The summed E-state index contributed by atoms with van der Waals surface area (Å²) >= 11 is 0. The van der Waals surface area contributed by atoms with Crippen LogP contribution in [0.5, 0.6) is 0 Å². The maximum atomic E-state index is 10.9. The molecule has 1 saturated heterocycles. The highest BCUT2D eigenvalue weighted by atomic mass is 16.5. The molecule has 0 aromatic heterocycles. The van der Waals surface area contributed by atoms with E-state index < -0.39 is 5.97 Å². The summed E-state index contributed by atoms with van der Waals surface area (Å²) in [6.45, 7) is 5.57. The minimum atomic E-state index is -0.892. The van der Waals surface area contributed by atoms with E-state index in [0.29, 0.717) is 12.2 Å². The molecule has 1 unspecified atom stereocenters. The third kappa shape index (κ3) is 2.82. The summed E-state index contributed by atoms with van der Waals surface area (Å²) in [7, 11) is 0. The highest BCUT2D eigenvalue weighted by Crippen LogP contribution is 2.26. The van der Waals surface area contributed by atoms with E-state index in [0.717, 1.165) is 30.7 Å². The van der Waals surface area contributed by atoms with Crippen molar-refractivity contribution in [2.24, 2.45) is 0 Å². The van der Waals surface area contributed by atoms with E-state index in [4.69, 9.17) is 9.84 Å². The van der Waals surface area contributed by atoms with Gasteiger partial charge in [0.05, 0.1) is 17.7 Å². The van der Waals surface area contributed by atoms with Crippen LogP contribution in [0.2, 0.25) is 0 Å². The van der Waals surface area contributed by atoms with Crippen LogP contribution in [0.3, 0.4) is 0 Å². The number of ether oxygens (including phenoxy) is 1. The fraction of sp³-hybridized carbons (Fsp3) is 0.500. The van der Waals surface area contributed by atoms with Crippen molar-refractivity contribution < 1.29 is 14.6 Å². The van der Waals surface area contributed by atoms with Crippen LogP contribution in [-0.2, 0) is 4.74 Å². The molecule has 0 spiro atoms. The lowest BCUT2D eigenvalue weighted by molar-refractivity contribution is 0.0540. The number of nitrogens with one attached hydrogen (secondary N) is 1. The number of hydrogen-bond donors (Lipinski definition) is 2. The summed E-state index contributed by atoms with van der Waals surface area (Å²) in [6.07, 6.45) is 2.11. The summed E-state index contributed by atoms with van der Waals surface area (Å²) in [4.78, 5) is 10.9. The van der Waals surface area contributed by atoms with Crippen LogP contribution in [0.4, 0.5) is 5.69 Å². The number of carboxylic acids is 1. The molecular weight excluding hydrogens is 230 g/mol. The number of aromatic carboxylic acids is 1. The second-order valence-electron chi connectivity index (χ2n) is 5.18. The van der Waals surface area contributed by atoms with Crippen LogP contribution in [0.25, 0.3) is 0 Å². The number of benzene rings is 1. The third-order valence-corrected chi connectivity index (χ3v) is 3.35. The number of aryl methyl sites for hydroxylation is 1. The molecule has 0 saturated carbocycles. The normalized spacial score (nSPS) is 23.7. The smallest absolute Gasteiger partial charge is 0.335 e. The molecular formula is C14H19NO3. The van der Waals surface area contributed by atoms with Gasteiger partial charge in [-0.05, 0) is 50.5 Å². The average Bonchev–Trinajstić information content (AvgIpc) is 2.32. The number of anilines is 1. The zero-order valence-electron chi connectivity index (χ0n) is 10.8. The van der Waals surface area contributed by atoms with Crippen LogP contribution in [0, 0.1) is 6.92 Å². The maximum Gasteiger partial charge on any atom is 0.335 e. The average molecular weight is 249 g/mol. The predicted octanol–water partition coefficient (Wildman–Crippen LogP) is 2.67. The van der Waals surface area contributed by atoms with E-state index >= 15 is 0 Å². The standard InChI is InChI=1S/C14H19NO3/c1-10-8-11(13(16)17)4-5-12(10)15-14(2)6-3-7-18-9-14/h4-5,8,15H,3,6-7,9H2,1-2H3,(H,16,17). The highest BCUT2D eigenvalue weighted by Gasteiger charge is 2.27. The Kier molecular flexibility index (Phi) is 3.57. The molecule has 0 aliphatic carbocycles. The second-order valence-corrected chi connectivity index (χ2v) is 5.18. The van der Waals surface area contributed by atoms with E-state index in [1.807, 2.05) is 13.0 Å². The van der Waals surface area contributed by atoms with E-state index in [-0.39, 0.29) is 5.54 Å². The van der Waals surface area contributed by atoms with Crippen LogP contribution in [-0.4, -0.2) is 29.8 Å². The van der Waals surface area contributed by atoms with Crippen LogP contribution < -0.4 is 5.32 Å². The second kappa shape index (κ2) is 4.98. The van der Waals surface area contributed by atoms with Crippen molar-refractivity contribution in [3.8, 4) is 0 Å². The first-order valence-electron chi connectivity index (χ1n) is 6.20. The molecule has 4 nitrogen and oxygen atoms in total. The summed E-state index contributed by atoms with van der Waals surface area (Å²) < 4.78 is 5.50. The van der Waals surface area contributed by atoms with E-state index in [1.54, 1.807) is 12.1 Å². The van der Waals surface area contributed by atoms with Crippen molar-refractivity contribution in [2.75, 3.05) is 18.5 Å². The first-order chi connectivity index (χ1) is 8.50. The molecule has 18 heavy (non-hydrogen) atoms. The van der Waals surface area contributed by atoms with Crippen LogP contribution >= 0.6 is 0 Å². The SMILES string of the molecule is Cc1cc(C(=O)O)ccc1NC1(C)CCCOC1. The lowest BCUT2D eigenvalue weighted by Crippen LogP contribution is -2.43. The molecule has 1 atom stereocenters. The van der Waals surface area contributed by atoms with Gasteiger partial charge < -0.3 is 15.2 Å². The predicted molar refractivity (Wildman–Crippen MR) is 70.2 cm³/mol. The zero-order valence-corrected chi connectivity index (χ0v) is 10.8. The Balaban J connectivity index is 2.16. The first kappa shape index (κ1) is 12.9. The molecule has 98 valence electrons. The maximum absolute atomic E-state index is 10.9. The minimum Gasteiger partial charge on any atom is -0.478 e. The number of carboxylic acid groups (broad SMARTS) is 1. The topological polar surface area (TPSA) is 58.6 Å². The number of carbonyl (C=O) groups is 1. The van der Waals surface area contributed by atoms with Crippen molar-refractivity contribution in [2.45, 2.75) is 32.2 Å². The van der Waals surface area contributed by atoms with Gasteiger partial charge in [-0.2, -0.15) is 0 Å². The summed E-state index contributed by atoms with van der Waals surface area (Å²) in [5.41, 5.74) is 2.19. The molecule has 1 aliphatic rings. The van der Waals surface area contributed by atoms with Gasteiger partial charge in [0.25, 0.3) is 0 Å². The summed E-state index contributed by atoms with van der Waals surface area (Å²) in [6, 6.07) is 5.15. The molecule has 1 aliphatic heterocycles. The Labute approximate surface area is 107 Å². The molecule has 0 radical (unpaired) electrons. The molecule has 1 aromatic carbocycles. The van der Waals surface area contributed by atoms with Gasteiger partial charge in [-0.15, -0.1) is 0 Å². The zero-order chi connectivity index (χ0) is 13.2. The number of hydrogen-bond acceptors (Lipinski definition) is 3. The van der Waals surface area contributed by atoms with Gasteiger partial charge >= 0.3 is 5.97 Å². The van der Waals surface area contributed by atoms with Gasteiger partial charge in [0, 0.05) is 12.3 Å². The molecule has 1 fully saturated rings. The van der Waals surface area contributed by atoms with Crippen molar-refractivity contribution in [3.05, 3.63) is 29.3 Å². The first-order valence-corrected chi connectivity index (χ1v) is 6.20. The third-order valence-electron chi connectivity index (χ3n) is 3.35. The summed E-state index contributed by atoms with van der Waals surface area (Å²) in [5, 5.41) is 12.4. The monoisotopic (exact) mass is 249 g/mol. The van der Waals surface area contributed by atoms with E-state index in [2.05, 4.69) is 12.2 Å². The Bertz CT molecular complexity index is 450. The van der Waals surface area contributed by atoms with Crippen molar-refractivity contribution in [1.29, 1.82) is 0 Å². The van der Waals surface area contributed by atoms with Crippen molar-refractivity contribution in [1.82, 2.24) is 0 Å². The Morgan fingerprint density at radius 3 is 2.83 bits per heavy atom. The molecule has 2 rings (SSSR count). The van der Waals surface area contributed by atoms with Gasteiger partial charge in [-0.25, -0.2) is 4.79 Å².